The third-order valence-corrected chi connectivity index (χ3v) is 2.53. The molecule has 3 nitrogen and oxygen atoms in total. The van der Waals surface area contributed by atoms with Gasteiger partial charge in [0.1, 0.15) is 0 Å². The maximum atomic E-state index is 5.94. The van der Waals surface area contributed by atoms with Crippen molar-refractivity contribution in [2.45, 2.75) is 31.2 Å². The minimum absolute atomic E-state index is 0.293. The number of aromatic nitrogens is 2. The van der Waals surface area contributed by atoms with E-state index in [0.717, 1.165) is 12.1 Å². The molecule has 0 saturated heterocycles. The summed E-state index contributed by atoms with van der Waals surface area (Å²) >= 11 is 0. The van der Waals surface area contributed by atoms with Crippen LogP contribution in [-0.4, -0.2) is 16.0 Å². The lowest BCUT2D eigenvalue weighted by Gasteiger charge is -2.13. The van der Waals surface area contributed by atoms with Crippen LogP contribution >= 0.6 is 0 Å². The summed E-state index contributed by atoms with van der Waals surface area (Å²) in [5.41, 5.74) is 7.00. The van der Waals surface area contributed by atoms with Gasteiger partial charge < -0.3 is 5.73 Å². The first-order valence-electron chi connectivity index (χ1n) is 4.39. The molecule has 2 N–H and O–H groups in total. The van der Waals surface area contributed by atoms with E-state index in [9.17, 15) is 0 Å². The highest BCUT2D eigenvalue weighted by Gasteiger charge is 2.26. The molecule has 64 valence electrons. The van der Waals surface area contributed by atoms with Gasteiger partial charge in [0.25, 0.3) is 0 Å². The number of rotatable bonds is 1. The van der Waals surface area contributed by atoms with E-state index in [1.54, 1.807) is 12.4 Å². The van der Waals surface area contributed by atoms with Gasteiger partial charge in [-0.3, -0.25) is 9.97 Å². The van der Waals surface area contributed by atoms with Crippen LogP contribution in [0.15, 0.2) is 18.6 Å². The molecule has 1 aromatic rings. The molecule has 0 bridgehead atoms. The van der Waals surface area contributed by atoms with Gasteiger partial charge in [-0.05, 0) is 12.8 Å². The second-order valence-corrected chi connectivity index (χ2v) is 3.33. The van der Waals surface area contributed by atoms with Crippen LogP contribution in [0.25, 0.3) is 0 Å². The lowest BCUT2D eigenvalue weighted by atomic mass is 10.0. The van der Waals surface area contributed by atoms with E-state index >= 15 is 0 Å². The van der Waals surface area contributed by atoms with Gasteiger partial charge in [-0.2, -0.15) is 0 Å². The summed E-state index contributed by atoms with van der Waals surface area (Å²) in [7, 11) is 0. The minimum Gasteiger partial charge on any atom is -0.327 e. The fourth-order valence-corrected chi connectivity index (χ4v) is 1.86. The Morgan fingerprint density at radius 2 is 2.25 bits per heavy atom. The Hall–Kier alpha value is -0.960. The van der Waals surface area contributed by atoms with Crippen LogP contribution in [0.1, 0.15) is 30.9 Å². The fourth-order valence-electron chi connectivity index (χ4n) is 1.86. The number of nitrogens with two attached hydrogens (primary N) is 1. The van der Waals surface area contributed by atoms with Crippen LogP contribution in [0, 0.1) is 0 Å². The summed E-state index contributed by atoms with van der Waals surface area (Å²) in [5.74, 6) is 0.443. The van der Waals surface area contributed by atoms with Crippen molar-refractivity contribution in [1.82, 2.24) is 9.97 Å². The molecule has 1 aromatic heterocycles. The van der Waals surface area contributed by atoms with E-state index in [-0.39, 0.29) is 0 Å². The predicted octanol–water partition coefficient (Wildman–Crippen LogP) is 1.07. The molecule has 0 amide bonds. The highest BCUT2D eigenvalue weighted by atomic mass is 14.8. The molecule has 3 heteroatoms. The van der Waals surface area contributed by atoms with Gasteiger partial charge >= 0.3 is 0 Å². The molecule has 1 fully saturated rings. The third-order valence-electron chi connectivity index (χ3n) is 2.53. The van der Waals surface area contributed by atoms with Gasteiger partial charge in [0.2, 0.25) is 0 Å². The molecule has 1 saturated carbocycles. The van der Waals surface area contributed by atoms with E-state index in [1.165, 1.54) is 12.8 Å². The van der Waals surface area contributed by atoms with Gasteiger partial charge in [0.05, 0.1) is 5.69 Å². The minimum atomic E-state index is 0.293. The summed E-state index contributed by atoms with van der Waals surface area (Å²) in [6.07, 6.45) is 8.78. The van der Waals surface area contributed by atoms with Gasteiger partial charge in [-0.15, -0.1) is 0 Å². The zero-order valence-electron chi connectivity index (χ0n) is 6.98. The first kappa shape index (κ1) is 7.68. The summed E-state index contributed by atoms with van der Waals surface area (Å²) in [6.45, 7) is 0. The topological polar surface area (TPSA) is 51.8 Å². The van der Waals surface area contributed by atoms with Crippen molar-refractivity contribution in [3.05, 3.63) is 24.3 Å². The number of hydrogen-bond donors (Lipinski definition) is 1. The molecule has 1 aliphatic rings. The standard InChI is InChI=1S/C9H13N3/c10-8-3-1-2-7(8)9-6-11-4-5-12-9/h4-8H,1-3,10H2. The highest BCUT2D eigenvalue weighted by molar-refractivity contribution is 5.09. The van der Waals surface area contributed by atoms with Crippen LogP contribution in [-0.2, 0) is 0 Å². The average molecular weight is 163 g/mol. The average Bonchev–Trinajstić information content (AvgIpc) is 2.53. The van der Waals surface area contributed by atoms with Gasteiger partial charge in [-0.1, -0.05) is 6.42 Å². The Kier molecular flexibility index (Phi) is 2.04. The van der Waals surface area contributed by atoms with Gasteiger partial charge in [-0.25, -0.2) is 0 Å². The molecule has 2 rings (SSSR count). The van der Waals surface area contributed by atoms with Gasteiger partial charge in [0, 0.05) is 30.6 Å². The molecule has 2 atom stereocenters. The molecular weight excluding hydrogens is 150 g/mol. The Morgan fingerprint density at radius 3 is 2.83 bits per heavy atom. The molecule has 2 unspecified atom stereocenters. The molecular formula is C9H13N3. The monoisotopic (exact) mass is 163 g/mol. The summed E-state index contributed by atoms with van der Waals surface area (Å²) in [5, 5.41) is 0. The second-order valence-electron chi connectivity index (χ2n) is 3.33. The number of hydrogen-bond acceptors (Lipinski definition) is 3. The van der Waals surface area contributed by atoms with Crippen molar-refractivity contribution in [3.63, 3.8) is 0 Å². The normalized spacial score (nSPS) is 29.1. The molecule has 1 aliphatic carbocycles. The van der Waals surface area contributed by atoms with Crippen molar-refractivity contribution in [3.8, 4) is 0 Å². The zero-order chi connectivity index (χ0) is 8.39. The van der Waals surface area contributed by atoms with E-state index < -0.39 is 0 Å². The van der Waals surface area contributed by atoms with E-state index in [1.807, 2.05) is 6.20 Å². The number of nitrogens with zero attached hydrogens (tertiary/aromatic N) is 2. The summed E-state index contributed by atoms with van der Waals surface area (Å²) < 4.78 is 0. The maximum Gasteiger partial charge on any atom is 0.0632 e. The largest absolute Gasteiger partial charge is 0.327 e. The zero-order valence-corrected chi connectivity index (χ0v) is 6.98. The smallest absolute Gasteiger partial charge is 0.0632 e. The Labute approximate surface area is 72.0 Å². The lowest BCUT2D eigenvalue weighted by molar-refractivity contribution is 0.596. The maximum absolute atomic E-state index is 5.94. The van der Waals surface area contributed by atoms with Crippen molar-refractivity contribution >= 4 is 0 Å². The van der Waals surface area contributed by atoms with Gasteiger partial charge in [0.15, 0.2) is 0 Å². The quantitative estimate of drug-likeness (QED) is 0.673. The van der Waals surface area contributed by atoms with Crippen LogP contribution in [0.3, 0.4) is 0 Å². The van der Waals surface area contributed by atoms with Crippen LogP contribution in [0.5, 0.6) is 0 Å². The first-order valence-corrected chi connectivity index (χ1v) is 4.39. The van der Waals surface area contributed by atoms with E-state index in [0.29, 0.717) is 12.0 Å². The van der Waals surface area contributed by atoms with Crippen LogP contribution in [0.2, 0.25) is 0 Å². The Bertz CT molecular complexity index is 247. The summed E-state index contributed by atoms with van der Waals surface area (Å²) in [4.78, 5) is 8.31. The molecule has 0 aliphatic heterocycles. The molecule has 0 aromatic carbocycles. The van der Waals surface area contributed by atoms with E-state index in [2.05, 4.69) is 9.97 Å². The van der Waals surface area contributed by atoms with Crippen molar-refractivity contribution in [1.29, 1.82) is 0 Å². The van der Waals surface area contributed by atoms with Crippen LogP contribution in [0.4, 0.5) is 0 Å². The predicted molar refractivity (Wildman–Crippen MR) is 46.6 cm³/mol. The second kappa shape index (κ2) is 3.19. The third kappa shape index (κ3) is 1.32. The Morgan fingerprint density at radius 1 is 1.33 bits per heavy atom. The van der Waals surface area contributed by atoms with E-state index in [4.69, 9.17) is 5.73 Å². The first-order chi connectivity index (χ1) is 5.88. The van der Waals surface area contributed by atoms with Crippen LogP contribution < -0.4 is 5.73 Å². The molecule has 12 heavy (non-hydrogen) atoms. The van der Waals surface area contributed by atoms with Crippen molar-refractivity contribution in [2.24, 2.45) is 5.73 Å². The molecule has 1 heterocycles. The van der Waals surface area contributed by atoms with Crippen molar-refractivity contribution in [2.75, 3.05) is 0 Å². The fraction of sp³-hybridized carbons (Fsp3) is 0.556. The summed E-state index contributed by atoms with van der Waals surface area (Å²) in [6, 6.07) is 0.293. The van der Waals surface area contributed by atoms with Crippen molar-refractivity contribution < 1.29 is 0 Å². The molecule has 0 radical (unpaired) electrons. The molecule has 0 spiro atoms. The Balaban J connectivity index is 2.19. The SMILES string of the molecule is NC1CCCC1c1cnccn1. The highest BCUT2D eigenvalue weighted by Crippen LogP contribution is 2.31. The lowest BCUT2D eigenvalue weighted by Crippen LogP contribution is -2.23.